The molecule has 8 aliphatic rings. The van der Waals surface area contributed by atoms with Crippen molar-refractivity contribution in [3.05, 3.63) is 135 Å². The number of nitrogens with zero attached hydrogens (tertiary/aromatic N) is 4. The van der Waals surface area contributed by atoms with Crippen LogP contribution in [-0.2, 0) is 121 Å². The van der Waals surface area contributed by atoms with E-state index in [-0.39, 0.29) is 154 Å². The van der Waals surface area contributed by atoms with Gasteiger partial charge in [0.2, 0.25) is 47.3 Å². The summed E-state index contributed by atoms with van der Waals surface area (Å²) in [6, 6.07) is 25.3. The predicted molar refractivity (Wildman–Crippen MR) is 536 cm³/mol. The molecule has 0 radical (unpaired) electrons. The van der Waals surface area contributed by atoms with Gasteiger partial charge in [0.1, 0.15) is 30.3 Å². The van der Waals surface area contributed by atoms with Crippen LogP contribution in [0.1, 0.15) is 235 Å². The number of benzene rings is 4. The molecule has 0 saturated heterocycles. The second kappa shape index (κ2) is 53.1. The topological polar surface area (TPSA) is 404 Å². The number of ketones is 2. The molecule has 10 atom stereocenters. The van der Waals surface area contributed by atoms with Crippen molar-refractivity contribution < 1.29 is 100 Å². The zero-order valence-corrected chi connectivity index (χ0v) is 85.4. The number of hydrogen-bond acceptors (Lipinski definition) is 26. The molecule has 0 aromatic heterocycles. The molecule has 11 N–H and O–H groups in total. The van der Waals surface area contributed by atoms with Crippen molar-refractivity contribution in [3.63, 3.8) is 0 Å². The van der Waals surface area contributed by atoms with Crippen LogP contribution in [-0.4, -0.2) is 263 Å². The van der Waals surface area contributed by atoms with Crippen molar-refractivity contribution >= 4 is 81.6 Å². The van der Waals surface area contributed by atoms with Crippen LogP contribution < -0.4 is 58.7 Å². The number of phenolic OH excluding ortho intramolecular Hbond substituents is 1. The highest BCUT2D eigenvalue weighted by atomic mass is 16.6. The molecule has 3 heterocycles. The van der Waals surface area contributed by atoms with Gasteiger partial charge in [0, 0.05) is 81.5 Å². The highest BCUT2D eigenvalue weighted by molar-refractivity contribution is 6.04. The van der Waals surface area contributed by atoms with E-state index in [1.54, 1.807) is 17.9 Å². The Morgan fingerprint density at radius 1 is 0.532 bits per heavy atom. The van der Waals surface area contributed by atoms with Gasteiger partial charge in [-0.2, -0.15) is 0 Å². The van der Waals surface area contributed by atoms with Crippen molar-refractivity contribution in [3.8, 4) is 5.75 Å². The number of quaternary nitrogens is 1. The fraction of sp³-hybridized carbons (Fsp3) is 0.645. The van der Waals surface area contributed by atoms with Crippen LogP contribution in [0.25, 0.3) is 11.4 Å². The van der Waals surface area contributed by atoms with E-state index in [9.17, 15) is 48.3 Å². The number of likely N-dealkylation sites (N-methyl/N-ethyl adjacent to an activating group) is 1. The summed E-state index contributed by atoms with van der Waals surface area (Å²) in [5.41, 5.74) is 23.1. The Balaban J connectivity index is 0.568. The van der Waals surface area contributed by atoms with Crippen molar-refractivity contribution in [1.82, 2.24) is 58.5 Å². The lowest BCUT2D eigenvalue weighted by Crippen LogP contribution is -2.60. The number of amides is 8. The maximum atomic E-state index is 15.0. The van der Waals surface area contributed by atoms with Crippen LogP contribution in [0.3, 0.4) is 0 Å². The van der Waals surface area contributed by atoms with Crippen LogP contribution in [0.4, 0.5) is 11.4 Å². The number of aromatic hydroxyl groups is 1. The average molecular weight is 1960 g/mol. The van der Waals surface area contributed by atoms with Crippen LogP contribution in [0.5, 0.6) is 5.75 Å². The first-order chi connectivity index (χ1) is 67.8. The molecule has 141 heavy (non-hydrogen) atoms. The molecular weight excluding hydrogens is 1800 g/mol. The first-order valence-electron chi connectivity index (χ1n) is 51.6. The summed E-state index contributed by atoms with van der Waals surface area (Å²) < 4.78 is 52.9. The Morgan fingerprint density at radius 3 is 1.75 bits per heavy atom. The Morgan fingerprint density at radius 2 is 1.11 bits per heavy atom. The fourth-order valence-electron chi connectivity index (χ4n) is 22.0. The van der Waals surface area contributed by atoms with Gasteiger partial charge in [-0.05, 0) is 183 Å². The number of ether oxygens (including phenoxy) is 9. The number of unbranched alkanes of at least 4 members (excludes halogenated alkanes) is 1. The third-order valence-electron chi connectivity index (χ3n) is 29.9. The summed E-state index contributed by atoms with van der Waals surface area (Å²) >= 11 is 0. The van der Waals surface area contributed by atoms with Crippen LogP contribution >= 0.6 is 0 Å². The molecule has 0 spiro atoms. The second-order valence-electron chi connectivity index (χ2n) is 41.5. The highest BCUT2D eigenvalue weighted by Gasteiger charge is 2.59. The number of phenols is 1. The largest absolute Gasteiger partial charge is 0.508 e. The maximum Gasteiger partial charge on any atom is 0.246 e. The van der Waals surface area contributed by atoms with Crippen LogP contribution in [0.2, 0.25) is 0 Å². The minimum atomic E-state index is -1.08. The number of imide groups is 1. The lowest BCUT2D eigenvalue weighted by atomic mass is 9.49. The number of hydrogen-bond donors (Lipinski definition) is 11. The van der Waals surface area contributed by atoms with E-state index in [1.165, 1.54) is 5.56 Å². The Bertz CT molecular complexity index is 4970. The van der Waals surface area contributed by atoms with Gasteiger partial charge < -0.3 is 94.6 Å². The maximum absolute atomic E-state index is 15.0. The van der Waals surface area contributed by atoms with Crippen molar-refractivity contribution in [2.45, 2.75) is 245 Å². The molecule has 34 heteroatoms. The third-order valence-corrected chi connectivity index (χ3v) is 29.9. The molecule has 2 saturated carbocycles. The number of nitrogens with one attached hydrogen (secondary N) is 10. The Labute approximate surface area is 833 Å². The molecule has 5 aliphatic carbocycles. The van der Waals surface area contributed by atoms with E-state index in [1.807, 2.05) is 118 Å². The van der Waals surface area contributed by atoms with Crippen molar-refractivity contribution in [2.24, 2.45) is 34.5 Å². The highest BCUT2D eigenvalue weighted by Crippen LogP contribution is 2.60. The summed E-state index contributed by atoms with van der Waals surface area (Å²) in [7, 11) is 8.19. The zero-order valence-electron chi connectivity index (χ0n) is 85.4. The van der Waals surface area contributed by atoms with Gasteiger partial charge in [-0.1, -0.05) is 129 Å². The van der Waals surface area contributed by atoms with Gasteiger partial charge in [0.15, 0.2) is 5.78 Å². The van der Waals surface area contributed by atoms with Gasteiger partial charge in [0.25, 0.3) is 0 Å². The number of hydrazine groups is 4. The van der Waals surface area contributed by atoms with Gasteiger partial charge in [-0.25, -0.2) is 0 Å². The van der Waals surface area contributed by atoms with E-state index in [0.29, 0.717) is 156 Å². The summed E-state index contributed by atoms with van der Waals surface area (Å²) in [6.07, 6.45) is 13.8. The first-order valence-corrected chi connectivity index (χ1v) is 51.6. The van der Waals surface area contributed by atoms with E-state index < -0.39 is 52.0 Å². The number of carbonyl (C=O) groups excluding carboxylic acids is 10. The standard InChI is InChI=1S/C107H158N14O20/c1-73(2)96(88(124)68-74(3)100(129)110-78-36-32-75-34-39-90-104(4,83(75)69-78)44-22-46-106(90,6)102(131)113-103(132)107(7)47-23-45-105(5)84-70-80(123)37-33-76(84)35-40-91(105)107)112-101(130)85(28-19-20-48-108-94(127)72-141-89-31-14-12-13-30-87-98(89)115-117-120(87)50-55-136-59-63-140-67-66-138-61-57-134-53-42-92(125)109-49-51-121(9,10)11)111-93(126)43-54-135-58-62-139-65-64-137-60-56-133-52-21-25-79(122)38-41-95(128)119-71-77-24-15-16-26-81(77)99-97(114-116-118(99)8)82-27-17-18-29-86(82)119/h15-18,24,26-27,29,32-33,36-37,69-70,73-74,85,89-91,96,114-117H,12-14,19-23,25,28,30-31,34-35,38-68,71-72H2,1-11H3,(H6-,108,109,110,111,112,113,123,125,126,127,129,130,131,132)/p+1/t74-,85-,89?,90-,91-,96+,104-,105-,106+,107+/m1/s1. The van der Waals surface area contributed by atoms with Gasteiger partial charge in [0.05, 0.1) is 192 Å². The molecule has 776 valence electrons. The number of carbonyl (C=O) groups is 10. The molecular formula is C107H159N14O20+. The van der Waals surface area contributed by atoms with E-state index >= 15 is 4.79 Å². The van der Waals surface area contributed by atoms with E-state index in [2.05, 4.69) is 94.9 Å². The minimum absolute atomic E-state index is 0.00987. The number of rotatable bonds is 56. The molecule has 8 amide bonds. The average Bonchev–Trinajstić information content (AvgIpc) is 1.20. The fourth-order valence-corrected chi connectivity index (χ4v) is 22.0. The van der Waals surface area contributed by atoms with Crippen LogP contribution in [0, 0.1) is 34.5 Å². The van der Waals surface area contributed by atoms with Gasteiger partial charge in [-0.3, -0.25) is 63.3 Å². The third kappa shape index (κ3) is 30.2. The molecule has 4 aromatic carbocycles. The lowest BCUT2D eigenvalue weighted by molar-refractivity contribution is -0.869. The smallest absolute Gasteiger partial charge is 0.246 e. The first kappa shape index (κ1) is 110. The molecule has 2 fully saturated rings. The molecule has 4 aromatic rings. The summed E-state index contributed by atoms with van der Waals surface area (Å²) in [4.78, 5) is 142. The molecule has 3 aliphatic heterocycles. The molecule has 12 rings (SSSR count). The Hall–Kier alpha value is -9.82. The number of allylic oxidation sites excluding steroid dienone is 1. The number of Topliss-reactive ketones (excluding diaryl/α,β-unsaturated/α-hetero) is 2. The second-order valence-corrected chi connectivity index (χ2v) is 41.5. The van der Waals surface area contributed by atoms with Crippen LogP contribution in [0.15, 0.2) is 96.3 Å². The SMILES string of the molecule is CC(C)[C@H](NC(=O)[C@@H](CCCCNC(=O)COC1CCCCCC2=C1NNN2CCOCCOCCOCCOCCC(=O)NCC[N+](C)(C)C)NC(=O)CCOCCOCCOCCOCCCC(=O)CCC(=O)N1Cc2ccccc2C2=C(NNN2C)c2ccccc21)C(=O)C[C@@H](C)C(=O)Nc1ccc2c(c1)[C@@]1(C)CCC[C@](C)(C(=O)NC(=O)[C@@]3(C)CCC[C@]4(C)c5cc(O)ccc5CC[C@@H]34)[C@@H]1CC2. The summed E-state index contributed by atoms with van der Waals surface area (Å²) in [5.74, 6) is -3.86. The lowest BCUT2D eigenvalue weighted by Gasteiger charge is -2.56. The van der Waals surface area contributed by atoms with E-state index in [0.717, 1.165) is 144 Å². The molecule has 0 bridgehead atoms. The van der Waals surface area contributed by atoms with Gasteiger partial charge in [-0.15, -0.1) is 11.1 Å². The normalized spacial score (nSPS) is 22.0. The number of fused-ring (bicyclic) bond motifs is 10. The summed E-state index contributed by atoms with van der Waals surface area (Å²) in [5, 5.41) is 32.5. The number of para-hydroxylation sites is 1. The minimum Gasteiger partial charge on any atom is -0.508 e. The number of aryl methyl sites for hydroxylation is 2. The van der Waals surface area contributed by atoms with E-state index in [4.69, 9.17) is 42.6 Å². The van der Waals surface area contributed by atoms with Crippen molar-refractivity contribution in [2.75, 3.05) is 177 Å². The monoisotopic (exact) mass is 1960 g/mol. The predicted octanol–water partition coefficient (Wildman–Crippen LogP) is 10.3. The Kier molecular flexibility index (Phi) is 41.4. The quantitative estimate of drug-likeness (QED) is 0.0111. The molecule has 34 nitrogen and oxygen atoms in total. The van der Waals surface area contributed by atoms with Crippen molar-refractivity contribution in [1.29, 1.82) is 0 Å². The van der Waals surface area contributed by atoms with Gasteiger partial charge >= 0.3 is 0 Å². The zero-order chi connectivity index (χ0) is 101. The number of anilines is 2. The molecule has 1 unspecified atom stereocenters. The summed E-state index contributed by atoms with van der Waals surface area (Å²) in [6.45, 7) is 21.5.